The highest BCUT2D eigenvalue weighted by molar-refractivity contribution is 9.10. The number of rotatable bonds is 4. The van der Waals surface area contributed by atoms with Gasteiger partial charge in [-0.15, -0.1) is 0 Å². The van der Waals surface area contributed by atoms with Crippen LogP contribution in [-0.4, -0.2) is 17.6 Å². The lowest BCUT2D eigenvalue weighted by molar-refractivity contribution is 0.0526. The number of hydrogen-bond donors (Lipinski definition) is 1. The first-order valence-electron chi connectivity index (χ1n) is 7.67. The Bertz CT molecular complexity index is 892. The summed E-state index contributed by atoms with van der Waals surface area (Å²) in [4.78, 5) is 16.1. The van der Waals surface area contributed by atoms with Gasteiger partial charge in [0, 0.05) is 27.4 Å². The second-order valence-corrected chi connectivity index (χ2v) is 6.28. The summed E-state index contributed by atoms with van der Waals surface area (Å²) < 4.78 is 5.97. The third kappa shape index (κ3) is 3.41. The number of nitrogens with one attached hydrogen (secondary N) is 1. The van der Waals surface area contributed by atoms with Crippen LogP contribution >= 0.6 is 15.9 Å². The van der Waals surface area contributed by atoms with Crippen molar-refractivity contribution < 1.29 is 9.53 Å². The van der Waals surface area contributed by atoms with Gasteiger partial charge in [-0.25, -0.2) is 4.79 Å². The molecule has 4 nitrogen and oxygen atoms in total. The minimum atomic E-state index is -0.307. The van der Waals surface area contributed by atoms with E-state index in [1.807, 2.05) is 24.3 Å². The summed E-state index contributed by atoms with van der Waals surface area (Å²) in [6, 6.07) is 13.3. The highest BCUT2D eigenvalue weighted by Gasteiger charge is 2.08. The van der Waals surface area contributed by atoms with Crippen LogP contribution in [0.3, 0.4) is 0 Å². The second-order valence-electron chi connectivity index (χ2n) is 5.42. The van der Waals surface area contributed by atoms with Crippen LogP contribution in [0.4, 0.5) is 11.4 Å². The zero-order valence-corrected chi connectivity index (χ0v) is 15.1. The van der Waals surface area contributed by atoms with Crippen LogP contribution < -0.4 is 5.32 Å². The van der Waals surface area contributed by atoms with E-state index in [9.17, 15) is 4.79 Å². The molecule has 3 aromatic rings. The molecule has 0 aliphatic carbocycles. The van der Waals surface area contributed by atoms with Crippen molar-refractivity contribution in [2.24, 2.45) is 0 Å². The molecule has 0 amide bonds. The number of ether oxygens (including phenoxy) is 1. The summed E-state index contributed by atoms with van der Waals surface area (Å²) in [6.45, 7) is 4.22. The first-order valence-corrected chi connectivity index (χ1v) is 8.47. The normalized spacial score (nSPS) is 10.6. The Labute approximate surface area is 149 Å². The number of nitrogens with zero attached hydrogens (tertiary/aromatic N) is 1. The summed E-state index contributed by atoms with van der Waals surface area (Å²) in [6.07, 6.45) is 1.78. The summed E-state index contributed by atoms with van der Waals surface area (Å²) in [7, 11) is 0. The Morgan fingerprint density at radius 1 is 1.21 bits per heavy atom. The number of anilines is 2. The molecule has 2 aromatic carbocycles. The number of aromatic nitrogens is 1. The average Bonchev–Trinajstić information content (AvgIpc) is 2.56. The Kier molecular flexibility index (Phi) is 4.81. The molecule has 24 heavy (non-hydrogen) atoms. The van der Waals surface area contributed by atoms with Crippen molar-refractivity contribution in [1.29, 1.82) is 0 Å². The van der Waals surface area contributed by atoms with E-state index in [1.165, 1.54) is 0 Å². The van der Waals surface area contributed by atoms with Crippen molar-refractivity contribution in [3.8, 4) is 0 Å². The van der Waals surface area contributed by atoms with E-state index in [2.05, 4.69) is 39.2 Å². The molecule has 1 N–H and O–H groups in total. The van der Waals surface area contributed by atoms with Crippen molar-refractivity contribution in [2.75, 3.05) is 11.9 Å². The van der Waals surface area contributed by atoms with Gasteiger partial charge in [0.1, 0.15) is 0 Å². The van der Waals surface area contributed by atoms with Gasteiger partial charge in [0.25, 0.3) is 0 Å². The van der Waals surface area contributed by atoms with Gasteiger partial charge in [-0.05, 0) is 77.8 Å². The number of carbonyl (C=O) groups is 1. The quantitative estimate of drug-likeness (QED) is 0.625. The molecule has 0 saturated heterocycles. The number of pyridine rings is 1. The summed E-state index contributed by atoms with van der Waals surface area (Å²) in [5.41, 5.74) is 4.47. The minimum absolute atomic E-state index is 0.307. The maximum Gasteiger partial charge on any atom is 0.338 e. The van der Waals surface area contributed by atoms with Crippen LogP contribution in [-0.2, 0) is 4.74 Å². The maximum absolute atomic E-state index is 11.7. The lowest BCUT2D eigenvalue weighted by atomic mass is 10.1. The van der Waals surface area contributed by atoms with Crippen molar-refractivity contribution in [3.05, 3.63) is 64.3 Å². The van der Waals surface area contributed by atoms with Crippen LogP contribution in [0.1, 0.15) is 22.8 Å². The molecular weight excluding hydrogens is 368 g/mol. The molecule has 1 aromatic heterocycles. The summed E-state index contributed by atoms with van der Waals surface area (Å²) in [5.74, 6) is -0.307. The number of aryl methyl sites for hydroxylation is 1. The van der Waals surface area contributed by atoms with Crippen molar-refractivity contribution >= 4 is 44.2 Å². The molecular formula is C19H17BrN2O2. The third-order valence-corrected chi connectivity index (χ3v) is 4.22. The molecule has 0 spiro atoms. The minimum Gasteiger partial charge on any atom is -0.462 e. The van der Waals surface area contributed by atoms with E-state index in [1.54, 1.807) is 25.3 Å². The third-order valence-electron chi connectivity index (χ3n) is 3.62. The highest BCUT2D eigenvalue weighted by Crippen LogP contribution is 2.30. The molecule has 0 aliphatic heterocycles. The number of fused-ring (bicyclic) bond motifs is 1. The van der Waals surface area contributed by atoms with Gasteiger partial charge >= 0.3 is 5.97 Å². The predicted octanol–water partition coefficient (Wildman–Crippen LogP) is 5.23. The lowest BCUT2D eigenvalue weighted by Gasteiger charge is -2.11. The lowest BCUT2D eigenvalue weighted by Crippen LogP contribution is -2.04. The molecule has 0 atom stereocenters. The molecule has 1 heterocycles. The number of halogens is 1. The van der Waals surface area contributed by atoms with Crippen molar-refractivity contribution in [3.63, 3.8) is 0 Å². The predicted molar refractivity (Wildman–Crippen MR) is 99.9 cm³/mol. The van der Waals surface area contributed by atoms with Crippen LogP contribution in [0.25, 0.3) is 10.9 Å². The fourth-order valence-corrected chi connectivity index (χ4v) is 3.19. The van der Waals surface area contributed by atoms with Crippen LogP contribution in [0.2, 0.25) is 0 Å². The first-order chi connectivity index (χ1) is 11.6. The van der Waals surface area contributed by atoms with Crippen LogP contribution in [0, 0.1) is 6.92 Å². The average molecular weight is 385 g/mol. The van der Waals surface area contributed by atoms with E-state index >= 15 is 0 Å². The standard InChI is InChI=1S/C19H17BrN2O2/c1-3-24-19(23)13-4-6-14(7-5-13)22-17-8-9-21-18-15(17)10-12(2)11-16(18)20/h4-11H,3H2,1-2H3,(H,21,22). The van der Waals surface area contributed by atoms with Gasteiger partial charge < -0.3 is 10.1 Å². The number of benzene rings is 2. The van der Waals surface area contributed by atoms with E-state index < -0.39 is 0 Å². The van der Waals surface area contributed by atoms with Crippen molar-refractivity contribution in [2.45, 2.75) is 13.8 Å². The summed E-state index contributed by atoms with van der Waals surface area (Å²) >= 11 is 3.57. The Morgan fingerprint density at radius 2 is 1.96 bits per heavy atom. The topological polar surface area (TPSA) is 51.2 Å². The molecule has 0 bridgehead atoms. The Morgan fingerprint density at radius 3 is 2.67 bits per heavy atom. The van der Waals surface area contributed by atoms with E-state index in [-0.39, 0.29) is 5.97 Å². The summed E-state index contributed by atoms with van der Waals surface area (Å²) in [5, 5.41) is 4.43. The molecule has 5 heteroatoms. The second kappa shape index (κ2) is 7.01. The molecule has 0 unspecified atom stereocenters. The monoisotopic (exact) mass is 384 g/mol. The first kappa shape index (κ1) is 16.5. The largest absolute Gasteiger partial charge is 0.462 e. The van der Waals surface area contributed by atoms with E-state index in [0.29, 0.717) is 12.2 Å². The molecule has 0 saturated carbocycles. The van der Waals surface area contributed by atoms with Gasteiger partial charge in [-0.3, -0.25) is 4.98 Å². The fourth-order valence-electron chi connectivity index (χ4n) is 2.52. The van der Waals surface area contributed by atoms with Gasteiger partial charge in [0.15, 0.2) is 0 Å². The Hall–Kier alpha value is -2.40. The SMILES string of the molecule is CCOC(=O)c1ccc(Nc2ccnc3c(Br)cc(C)cc23)cc1. The van der Waals surface area contributed by atoms with Gasteiger partial charge in [-0.2, -0.15) is 0 Å². The zero-order chi connectivity index (χ0) is 17.1. The van der Waals surface area contributed by atoms with Gasteiger partial charge in [0.2, 0.25) is 0 Å². The van der Waals surface area contributed by atoms with Crippen LogP contribution in [0.5, 0.6) is 0 Å². The maximum atomic E-state index is 11.7. The Balaban J connectivity index is 1.91. The van der Waals surface area contributed by atoms with Crippen LogP contribution in [0.15, 0.2) is 53.1 Å². The number of esters is 1. The van der Waals surface area contributed by atoms with E-state index in [0.717, 1.165) is 32.3 Å². The smallest absolute Gasteiger partial charge is 0.338 e. The van der Waals surface area contributed by atoms with Crippen molar-refractivity contribution in [1.82, 2.24) is 4.98 Å². The van der Waals surface area contributed by atoms with E-state index in [4.69, 9.17) is 4.74 Å². The molecule has 122 valence electrons. The molecule has 0 aliphatic rings. The highest BCUT2D eigenvalue weighted by atomic mass is 79.9. The van der Waals surface area contributed by atoms with Gasteiger partial charge in [0.05, 0.1) is 17.7 Å². The molecule has 3 rings (SSSR count). The fraction of sp³-hybridized carbons (Fsp3) is 0.158. The van der Waals surface area contributed by atoms with Gasteiger partial charge in [-0.1, -0.05) is 0 Å². The molecule has 0 fully saturated rings. The number of hydrogen-bond acceptors (Lipinski definition) is 4. The molecule has 0 radical (unpaired) electrons. The zero-order valence-electron chi connectivity index (χ0n) is 13.5. The number of carbonyl (C=O) groups excluding carboxylic acids is 1.